The molecule has 0 atom stereocenters. The number of anilines is 2. The van der Waals surface area contributed by atoms with Crippen molar-refractivity contribution in [2.24, 2.45) is 4.30 Å². The molecule has 0 unspecified atom stereocenters. The third-order valence-corrected chi connectivity index (χ3v) is 8.50. The van der Waals surface area contributed by atoms with Crippen molar-refractivity contribution >= 4 is 70.1 Å². The van der Waals surface area contributed by atoms with E-state index in [4.69, 9.17) is 12.8 Å². The molecule has 0 saturated heterocycles. The summed E-state index contributed by atoms with van der Waals surface area (Å²) in [7, 11) is 3.34. The average molecular weight is 733 g/mol. The Morgan fingerprint density at radius 2 is 1.31 bits per heavy atom. The van der Waals surface area contributed by atoms with Crippen LogP contribution in [0.2, 0.25) is 0 Å². The van der Waals surface area contributed by atoms with Crippen molar-refractivity contribution in [2.45, 2.75) is 66.5 Å². The van der Waals surface area contributed by atoms with E-state index in [1.54, 1.807) is 6.33 Å². The van der Waals surface area contributed by atoms with Gasteiger partial charge in [-0.2, -0.15) is 0 Å². The van der Waals surface area contributed by atoms with Crippen LogP contribution in [-0.2, 0) is 13.1 Å². The molecule has 1 radical (unpaired) electrons. The summed E-state index contributed by atoms with van der Waals surface area (Å²) in [4.78, 5) is 17.2. The van der Waals surface area contributed by atoms with Crippen molar-refractivity contribution in [3.05, 3.63) is 83.1 Å². The van der Waals surface area contributed by atoms with Crippen molar-refractivity contribution in [3.8, 4) is 22.3 Å². The van der Waals surface area contributed by atoms with Crippen LogP contribution in [-0.4, -0.2) is 43.9 Å². The van der Waals surface area contributed by atoms with E-state index >= 15 is 0 Å². The molecule has 0 amide bonds. The van der Waals surface area contributed by atoms with Crippen LogP contribution in [0.5, 0.6) is 0 Å². The summed E-state index contributed by atoms with van der Waals surface area (Å²) in [5, 5.41) is 1.88. The van der Waals surface area contributed by atoms with Crippen LogP contribution in [0.15, 0.2) is 76.3 Å². The number of nitrogens with two attached hydrogens (primary N) is 2. The van der Waals surface area contributed by atoms with Crippen LogP contribution >= 0.6 is 28.7 Å². The van der Waals surface area contributed by atoms with Crippen molar-refractivity contribution in [2.75, 3.05) is 18.6 Å². The number of hydrogen-bond donors (Lipinski definition) is 3. The summed E-state index contributed by atoms with van der Waals surface area (Å²) in [6.07, 6.45) is 9.73. The second kappa shape index (κ2) is 19.0. The second-order valence-corrected chi connectivity index (χ2v) is 12.0. The summed E-state index contributed by atoms with van der Waals surface area (Å²) in [6.45, 7) is 10.4. The normalized spacial score (nSPS) is 10.7. The van der Waals surface area contributed by atoms with E-state index in [0.717, 1.165) is 87.7 Å². The molecular formula is C35H43BBrFN9S. The van der Waals surface area contributed by atoms with E-state index in [2.05, 4.69) is 152 Å². The number of rotatable bonds is 8. The minimum atomic E-state index is -1.00. The molecule has 0 aliphatic carbocycles. The summed E-state index contributed by atoms with van der Waals surface area (Å²) < 4.78 is 23.6. The molecule has 0 fully saturated rings. The molecule has 251 valence electrons. The number of alkyl halides is 1. The van der Waals surface area contributed by atoms with E-state index in [0.29, 0.717) is 11.6 Å². The van der Waals surface area contributed by atoms with Crippen LogP contribution in [0.1, 0.15) is 52.0 Å². The van der Waals surface area contributed by atoms with Gasteiger partial charge in [-0.3, -0.25) is 4.39 Å². The quantitative estimate of drug-likeness (QED) is 0.106. The van der Waals surface area contributed by atoms with Crippen molar-refractivity contribution in [1.29, 1.82) is 0 Å². The van der Waals surface area contributed by atoms with Crippen LogP contribution in [0.3, 0.4) is 0 Å². The van der Waals surface area contributed by atoms with E-state index in [-0.39, 0.29) is 0 Å². The van der Waals surface area contributed by atoms with Crippen LogP contribution in [0.4, 0.5) is 16.0 Å². The molecule has 13 heteroatoms. The number of halogens is 2. The SMILES string of the molecule is CCCCn1c(Br)c(-c2ccc(C)cc2)c2c(N)ncnc21.CCCCn1cc(-c2ccc(C)cc2)c2c(N)ncnc21.[2H]CF.[B]=NS. The first-order chi connectivity index (χ1) is 23.7. The van der Waals surface area contributed by atoms with Gasteiger partial charge < -0.3 is 20.6 Å². The predicted molar refractivity (Wildman–Crippen MR) is 206 cm³/mol. The van der Waals surface area contributed by atoms with Gasteiger partial charge in [-0.1, -0.05) is 86.3 Å². The van der Waals surface area contributed by atoms with Crippen molar-refractivity contribution in [1.82, 2.24) is 29.1 Å². The standard InChI is InChI=1S/C17H19BrN4.C17H20N4.CH3F.BHNS/c1-3-4-9-22-15(18)13(12-7-5-11(2)6-8-12)14-16(19)20-10-21-17(14)22;1-3-4-9-21-10-14(13-7-5-12(2)6-8-13)15-16(18)19-11-20-17(15)21;1-2;1-2-3/h5-8,10H,3-4,9H2,1-2H3,(H2,19,20,21);5-8,10-11H,3-4,9H2,1-2H3,(H2,18,19,20);1H3;3H/i;;1D;. The number of thiol groups is 1. The zero-order valence-electron chi connectivity index (χ0n) is 28.9. The van der Waals surface area contributed by atoms with Gasteiger partial charge in [0, 0.05) is 30.4 Å². The van der Waals surface area contributed by atoms with E-state index in [1.807, 2.05) is 0 Å². The van der Waals surface area contributed by atoms with Gasteiger partial charge >= 0.3 is 24.8 Å². The summed E-state index contributed by atoms with van der Waals surface area (Å²) in [6, 6.07) is 16.9. The molecule has 0 spiro atoms. The van der Waals surface area contributed by atoms with Crippen LogP contribution in [0, 0.1) is 13.8 Å². The number of nitrogen functional groups attached to an aromatic ring is 2. The zero-order chi connectivity index (χ0) is 35.9. The maximum absolute atomic E-state index is 9.96. The molecule has 6 aromatic rings. The van der Waals surface area contributed by atoms with E-state index < -0.39 is 7.15 Å². The average Bonchev–Trinajstić information content (AvgIpc) is 3.60. The Balaban J connectivity index is 0.000000229. The Kier molecular flexibility index (Phi) is 14.6. The molecule has 0 aliphatic rings. The fourth-order valence-electron chi connectivity index (χ4n) is 5.27. The molecule has 2 aromatic carbocycles. The number of fused-ring (bicyclic) bond motifs is 2. The predicted octanol–water partition coefficient (Wildman–Crippen LogP) is 9.11. The monoisotopic (exact) mass is 731 g/mol. The van der Waals surface area contributed by atoms with E-state index in [9.17, 15) is 4.39 Å². The number of aromatic nitrogens is 6. The third kappa shape index (κ3) is 9.07. The number of nitrogens with zero attached hydrogens (tertiary/aromatic N) is 7. The third-order valence-electron chi connectivity index (χ3n) is 7.68. The Labute approximate surface area is 298 Å². The molecule has 4 aromatic heterocycles. The van der Waals surface area contributed by atoms with Gasteiger partial charge in [0.15, 0.2) is 0 Å². The Morgan fingerprint density at radius 1 is 0.833 bits per heavy atom. The molecule has 0 saturated carbocycles. The summed E-state index contributed by atoms with van der Waals surface area (Å²) >= 11 is 6.95. The second-order valence-electron chi connectivity index (χ2n) is 11.0. The topological polar surface area (TPSA) is 126 Å². The number of aryl methyl sites for hydroxylation is 4. The number of hydrogen-bond acceptors (Lipinski definition) is 8. The molecular weight excluding hydrogens is 688 g/mol. The molecule has 4 heterocycles. The molecule has 0 aliphatic heterocycles. The van der Waals surface area contributed by atoms with Gasteiger partial charge in [0.2, 0.25) is 0 Å². The summed E-state index contributed by atoms with van der Waals surface area (Å²) in [5.41, 5.74) is 21.0. The first-order valence-corrected chi connectivity index (χ1v) is 16.8. The van der Waals surface area contributed by atoms with Gasteiger partial charge in [0.05, 0.1) is 23.9 Å². The van der Waals surface area contributed by atoms with Crippen molar-refractivity contribution in [3.63, 3.8) is 0 Å². The Hall–Kier alpha value is -4.10. The summed E-state index contributed by atoms with van der Waals surface area (Å²) in [5.74, 6) is 1.07. The fourth-order valence-corrected chi connectivity index (χ4v) is 6.04. The van der Waals surface area contributed by atoms with Gasteiger partial charge in [0.25, 0.3) is 0 Å². The molecule has 9 nitrogen and oxygen atoms in total. The Morgan fingerprint density at radius 3 is 1.85 bits per heavy atom. The van der Waals surface area contributed by atoms with Crippen molar-refractivity contribution < 1.29 is 5.76 Å². The van der Waals surface area contributed by atoms with Gasteiger partial charge in [0.1, 0.15) is 35.6 Å². The van der Waals surface area contributed by atoms with Crippen LogP contribution < -0.4 is 11.5 Å². The van der Waals surface area contributed by atoms with Gasteiger partial charge in [-0.15, -0.1) is 0 Å². The molecule has 0 bridgehead atoms. The van der Waals surface area contributed by atoms with Gasteiger partial charge in [-0.05, 0) is 53.7 Å². The Bertz CT molecular complexity index is 1930. The molecule has 4 N–H and O–H groups in total. The van der Waals surface area contributed by atoms with E-state index in [1.165, 1.54) is 17.5 Å². The zero-order valence-corrected chi connectivity index (χ0v) is 30.3. The molecule has 48 heavy (non-hydrogen) atoms. The van der Waals surface area contributed by atoms with Crippen LogP contribution in [0.25, 0.3) is 44.3 Å². The first-order valence-electron chi connectivity index (χ1n) is 16.3. The number of unbranched alkanes of at least 4 members (excludes halogenated alkanes) is 2. The molecule has 6 rings (SSSR count). The fraction of sp³-hybridized carbons (Fsp3) is 0.314. The maximum atomic E-state index is 9.96. The minimum absolute atomic E-state index is 0.525. The number of benzene rings is 2. The van der Waals surface area contributed by atoms with Gasteiger partial charge in [-0.25, -0.2) is 19.9 Å². The first kappa shape index (κ1) is 36.7.